The Labute approximate surface area is 111 Å². The quantitative estimate of drug-likeness (QED) is 0.585. The van der Waals surface area contributed by atoms with Crippen LogP contribution in [0.15, 0.2) is 35.2 Å². The fourth-order valence-electron chi connectivity index (χ4n) is 1.20. The Bertz CT molecular complexity index is 391. The van der Waals surface area contributed by atoms with Crippen molar-refractivity contribution in [1.29, 1.82) is 0 Å². The topological polar surface area (TPSA) is 52.6 Å². The Morgan fingerprint density at radius 3 is 2.50 bits per heavy atom. The minimum absolute atomic E-state index is 0.282. The van der Waals surface area contributed by atoms with E-state index in [0.29, 0.717) is 0 Å². The first-order valence-electron chi connectivity index (χ1n) is 5.67. The summed E-state index contributed by atoms with van der Waals surface area (Å²) in [4.78, 5) is 23.6. The van der Waals surface area contributed by atoms with E-state index in [0.717, 1.165) is 4.90 Å². The first-order chi connectivity index (χ1) is 8.63. The van der Waals surface area contributed by atoms with Gasteiger partial charge in [-0.05, 0) is 26.0 Å². The number of carbonyl (C=O) groups excluding carboxylic acids is 2. The minimum Gasteiger partial charge on any atom is -0.463 e. The molecule has 0 bridgehead atoms. The SMILES string of the molecule is CCOC(=O)COC(=O)C(C)Sc1ccccc1. The van der Waals surface area contributed by atoms with Crippen LogP contribution in [0.3, 0.4) is 0 Å². The summed E-state index contributed by atoms with van der Waals surface area (Å²) >= 11 is 1.39. The van der Waals surface area contributed by atoms with Crippen LogP contribution in [-0.2, 0) is 19.1 Å². The number of thioether (sulfide) groups is 1. The summed E-state index contributed by atoms with van der Waals surface area (Å²) in [6, 6.07) is 9.55. The van der Waals surface area contributed by atoms with Gasteiger partial charge in [-0.25, -0.2) is 4.79 Å². The van der Waals surface area contributed by atoms with Crippen LogP contribution in [0, 0.1) is 0 Å². The summed E-state index contributed by atoms with van der Waals surface area (Å²) in [5.41, 5.74) is 0. The maximum atomic E-state index is 11.6. The van der Waals surface area contributed by atoms with Gasteiger partial charge in [0.2, 0.25) is 0 Å². The number of rotatable bonds is 6. The van der Waals surface area contributed by atoms with Crippen molar-refractivity contribution in [2.24, 2.45) is 0 Å². The predicted molar refractivity (Wildman–Crippen MR) is 69.4 cm³/mol. The van der Waals surface area contributed by atoms with E-state index in [9.17, 15) is 9.59 Å². The summed E-state index contributed by atoms with van der Waals surface area (Å²) in [7, 11) is 0. The van der Waals surface area contributed by atoms with Gasteiger partial charge in [0, 0.05) is 4.90 Å². The van der Waals surface area contributed by atoms with Gasteiger partial charge >= 0.3 is 11.9 Å². The molecule has 98 valence electrons. The molecule has 0 aromatic heterocycles. The lowest BCUT2D eigenvalue weighted by Gasteiger charge is -2.10. The highest BCUT2D eigenvalue weighted by molar-refractivity contribution is 8.00. The molecule has 0 N–H and O–H groups in total. The lowest BCUT2D eigenvalue weighted by molar-refractivity contribution is -0.157. The van der Waals surface area contributed by atoms with Crippen LogP contribution >= 0.6 is 11.8 Å². The highest BCUT2D eigenvalue weighted by Crippen LogP contribution is 2.23. The van der Waals surface area contributed by atoms with Crippen LogP contribution in [0.1, 0.15) is 13.8 Å². The van der Waals surface area contributed by atoms with E-state index in [2.05, 4.69) is 4.74 Å². The molecule has 0 amide bonds. The Hall–Kier alpha value is -1.49. The van der Waals surface area contributed by atoms with Crippen LogP contribution in [-0.4, -0.2) is 30.4 Å². The molecule has 0 fully saturated rings. The monoisotopic (exact) mass is 268 g/mol. The molecule has 0 aliphatic carbocycles. The first-order valence-corrected chi connectivity index (χ1v) is 6.55. The van der Waals surface area contributed by atoms with Crippen molar-refractivity contribution < 1.29 is 19.1 Å². The minimum atomic E-state index is -0.525. The summed E-state index contributed by atoms with van der Waals surface area (Å²) in [5.74, 6) is -0.945. The van der Waals surface area contributed by atoms with E-state index in [1.165, 1.54) is 11.8 Å². The van der Waals surface area contributed by atoms with Gasteiger partial charge in [-0.15, -0.1) is 11.8 Å². The van der Waals surface area contributed by atoms with Gasteiger partial charge in [0.05, 0.1) is 6.61 Å². The summed E-state index contributed by atoms with van der Waals surface area (Å²) < 4.78 is 9.52. The number of hydrogen-bond donors (Lipinski definition) is 0. The lowest BCUT2D eigenvalue weighted by Crippen LogP contribution is -2.22. The Morgan fingerprint density at radius 1 is 1.22 bits per heavy atom. The molecular formula is C13H16O4S. The molecule has 4 nitrogen and oxygen atoms in total. The molecule has 1 rings (SSSR count). The molecule has 0 aliphatic heterocycles. The highest BCUT2D eigenvalue weighted by atomic mass is 32.2. The lowest BCUT2D eigenvalue weighted by atomic mass is 10.4. The molecule has 1 atom stereocenters. The molecule has 0 aliphatic rings. The third-order valence-electron chi connectivity index (χ3n) is 2.03. The number of benzene rings is 1. The van der Waals surface area contributed by atoms with E-state index in [4.69, 9.17) is 4.74 Å². The maximum Gasteiger partial charge on any atom is 0.344 e. The molecule has 0 saturated heterocycles. The number of carbonyl (C=O) groups is 2. The second-order valence-electron chi connectivity index (χ2n) is 3.49. The van der Waals surface area contributed by atoms with Crippen LogP contribution in [0.2, 0.25) is 0 Å². The zero-order valence-electron chi connectivity index (χ0n) is 10.4. The van der Waals surface area contributed by atoms with Gasteiger partial charge in [0.1, 0.15) is 5.25 Å². The summed E-state index contributed by atoms with van der Waals surface area (Å²) in [5, 5.41) is -0.359. The second kappa shape index (κ2) is 7.76. The van der Waals surface area contributed by atoms with Crippen LogP contribution in [0.25, 0.3) is 0 Å². The highest BCUT2D eigenvalue weighted by Gasteiger charge is 2.17. The molecule has 1 aromatic carbocycles. The Morgan fingerprint density at radius 2 is 1.89 bits per heavy atom. The number of hydrogen-bond acceptors (Lipinski definition) is 5. The molecular weight excluding hydrogens is 252 g/mol. The third-order valence-corrected chi connectivity index (χ3v) is 3.12. The van der Waals surface area contributed by atoms with E-state index in [1.54, 1.807) is 13.8 Å². The maximum absolute atomic E-state index is 11.6. The van der Waals surface area contributed by atoms with Crippen molar-refractivity contribution in [3.63, 3.8) is 0 Å². The van der Waals surface area contributed by atoms with Crippen LogP contribution in [0.4, 0.5) is 0 Å². The molecule has 0 saturated carbocycles. The molecule has 0 radical (unpaired) electrons. The smallest absolute Gasteiger partial charge is 0.344 e. The molecule has 5 heteroatoms. The van der Waals surface area contributed by atoms with E-state index in [1.807, 2.05) is 30.3 Å². The normalized spacial score (nSPS) is 11.7. The Kier molecular flexibility index (Phi) is 6.28. The summed E-state index contributed by atoms with van der Waals surface area (Å²) in [6.45, 7) is 3.40. The van der Waals surface area contributed by atoms with Crippen molar-refractivity contribution in [3.05, 3.63) is 30.3 Å². The summed E-state index contributed by atoms with van der Waals surface area (Å²) in [6.07, 6.45) is 0. The fourth-order valence-corrected chi connectivity index (χ4v) is 2.09. The number of ether oxygens (including phenoxy) is 2. The van der Waals surface area contributed by atoms with Gasteiger partial charge in [-0.2, -0.15) is 0 Å². The van der Waals surface area contributed by atoms with Crippen molar-refractivity contribution >= 4 is 23.7 Å². The van der Waals surface area contributed by atoms with Gasteiger partial charge in [-0.3, -0.25) is 4.79 Å². The molecule has 0 spiro atoms. The molecule has 0 heterocycles. The molecule has 1 unspecified atom stereocenters. The van der Waals surface area contributed by atoms with Gasteiger partial charge in [0.15, 0.2) is 6.61 Å². The molecule has 18 heavy (non-hydrogen) atoms. The predicted octanol–water partition coefficient (Wildman–Crippen LogP) is 2.27. The fraction of sp³-hybridized carbons (Fsp3) is 0.385. The first kappa shape index (κ1) is 14.6. The third kappa shape index (κ3) is 5.23. The van der Waals surface area contributed by atoms with Gasteiger partial charge in [-0.1, -0.05) is 18.2 Å². The average Bonchev–Trinajstić information content (AvgIpc) is 2.37. The van der Waals surface area contributed by atoms with Gasteiger partial charge < -0.3 is 9.47 Å². The van der Waals surface area contributed by atoms with E-state index >= 15 is 0 Å². The molecule has 1 aromatic rings. The standard InChI is InChI=1S/C13H16O4S/c1-3-16-12(14)9-17-13(15)10(2)18-11-7-5-4-6-8-11/h4-8,10H,3,9H2,1-2H3. The van der Waals surface area contributed by atoms with Crippen molar-refractivity contribution in [1.82, 2.24) is 0 Å². The van der Waals surface area contributed by atoms with Crippen LogP contribution < -0.4 is 0 Å². The largest absolute Gasteiger partial charge is 0.463 e. The number of esters is 2. The zero-order chi connectivity index (χ0) is 13.4. The van der Waals surface area contributed by atoms with Crippen molar-refractivity contribution in [2.45, 2.75) is 24.0 Å². The Balaban J connectivity index is 2.35. The zero-order valence-corrected chi connectivity index (χ0v) is 11.2. The van der Waals surface area contributed by atoms with Crippen molar-refractivity contribution in [2.75, 3.05) is 13.2 Å². The van der Waals surface area contributed by atoms with Crippen molar-refractivity contribution in [3.8, 4) is 0 Å². The second-order valence-corrected chi connectivity index (χ2v) is 4.90. The van der Waals surface area contributed by atoms with Gasteiger partial charge in [0.25, 0.3) is 0 Å². The van der Waals surface area contributed by atoms with Crippen LogP contribution in [0.5, 0.6) is 0 Å². The average molecular weight is 268 g/mol. The van der Waals surface area contributed by atoms with E-state index in [-0.39, 0.29) is 18.5 Å². The van der Waals surface area contributed by atoms with E-state index < -0.39 is 11.9 Å².